The minimum Gasteiger partial charge on any atom is -0.341 e. The number of amides is 1. The molecule has 1 aliphatic rings. The van der Waals surface area contributed by atoms with E-state index < -0.39 is 16.1 Å². The highest BCUT2D eigenvalue weighted by atomic mass is 32.2. The number of sulfonamides is 1. The van der Waals surface area contributed by atoms with Crippen LogP contribution in [0.25, 0.3) is 0 Å². The van der Waals surface area contributed by atoms with Gasteiger partial charge in [0, 0.05) is 19.6 Å². The number of likely N-dealkylation sites (tertiary alicyclic amines) is 1. The van der Waals surface area contributed by atoms with Crippen molar-refractivity contribution in [2.45, 2.75) is 32.7 Å². The van der Waals surface area contributed by atoms with Gasteiger partial charge in [-0.25, -0.2) is 13.1 Å². The second-order valence-electron chi connectivity index (χ2n) is 5.68. The van der Waals surface area contributed by atoms with E-state index in [0.717, 1.165) is 19.1 Å². The molecule has 0 aromatic heterocycles. The van der Waals surface area contributed by atoms with Crippen molar-refractivity contribution in [1.29, 1.82) is 0 Å². The summed E-state index contributed by atoms with van der Waals surface area (Å²) in [5, 5.41) is 0. The van der Waals surface area contributed by atoms with Crippen molar-refractivity contribution >= 4 is 15.9 Å². The van der Waals surface area contributed by atoms with Gasteiger partial charge in [-0.3, -0.25) is 4.79 Å². The summed E-state index contributed by atoms with van der Waals surface area (Å²) in [6.45, 7) is 5.54. The van der Waals surface area contributed by atoms with E-state index >= 15 is 0 Å². The number of carbonyl (C=O) groups is 1. The topological polar surface area (TPSA) is 92.5 Å². The Balaban J connectivity index is 2.52. The van der Waals surface area contributed by atoms with Crippen LogP contribution in [0.3, 0.4) is 0 Å². The molecular weight excluding hydrogens is 266 g/mol. The third kappa shape index (κ3) is 5.46. The van der Waals surface area contributed by atoms with Gasteiger partial charge < -0.3 is 10.6 Å². The molecule has 1 heterocycles. The molecular formula is C12H25N3O3S. The third-order valence-electron chi connectivity index (χ3n) is 3.47. The molecule has 0 radical (unpaired) electrons. The molecule has 0 saturated carbocycles. The Morgan fingerprint density at radius 1 is 1.47 bits per heavy atom. The van der Waals surface area contributed by atoms with Crippen molar-refractivity contribution in [1.82, 2.24) is 9.62 Å². The van der Waals surface area contributed by atoms with Gasteiger partial charge in [-0.2, -0.15) is 0 Å². The first-order chi connectivity index (χ1) is 8.70. The van der Waals surface area contributed by atoms with Gasteiger partial charge in [-0.05, 0) is 24.7 Å². The summed E-state index contributed by atoms with van der Waals surface area (Å²) >= 11 is 0. The van der Waals surface area contributed by atoms with E-state index in [1.807, 2.05) is 13.8 Å². The molecule has 1 aliphatic heterocycles. The van der Waals surface area contributed by atoms with Crippen LogP contribution in [0.1, 0.15) is 26.7 Å². The summed E-state index contributed by atoms with van der Waals surface area (Å²) in [7, 11) is -3.17. The normalized spacial score (nSPS) is 22.6. The van der Waals surface area contributed by atoms with E-state index in [-0.39, 0.29) is 17.7 Å². The van der Waals surface area contributed by atoms with E-state index in [1.165, 1.54) is 0 Å². The number of piperidine rings is 1. The summed E-state index contributed by atoms with van der Waals surface area (Å²) in [6.07, 6.45) is 2.98. The molecule has 7 heteroatoms. The SMILES string of the molecule is CC(C)[C@H](N)C(=O)N1CCCC(CNS(C)(=O)=O)C1. The van der Waals surface area contributed by atoms with Crippen LogP contribution >= 0.6 is 0 Å². The molecule has 0 aromatic carbocycles. The maximum absolute atomic E-state index is 12.1. The van der Waals surface area contributed by atoms with Crippen LogP contribution in [0.15, 0.2) is 0 Å². The molecule has 0 spiro atoms. The maximum Gasteiger partial charge on any atom is 0.239 e. The van der Waals surface area contributed by atoms with Gasteiger partial charge in [-0.1, -0.05) is 13.8 Å². The highest BCUT2D eigenvalue weighted by Crippen LogP contribution is 2.17. The van der Waals surface area contributed by atoms with Gasteiger partial charge in [0.05, 0.1) is 12.3 Å². The van der Waals surface area contributed by atoms with E-state index in [0.29, 0.717) is 19.6 Å². The van der Waals surface area contributed by atoms with Gasteiger partial charge in [0.15, 0.2) is 0 Å². The molecule has 0 bridgehead atoms. The van der Waals surface area contributed by atoms with E-state index in [2.05, 4.69) is 4.72 Å². The van der Waals surface area contributed by atoms with Gasteiger partial charge in [-0.15, -0.1) is 0 Å². The number of rotatable bonds is 5. The number of nitrogens with one attached hydrogen (secondary N) is 1. The lowest BCUT2D eigenvalue weighted by Gasteiger charge is -2.35. The smallest absolute Gasteiger partial charge is 0.239 e. The Labute approximate surface area is 115 Å². The van der Waals surface area contributed by atoms with Gasteiger partial charge in [0.2, 0.25) is 15.9 Å². The Morgan fingerprint density at radius 3 is 2.63 bits per heavy atom. The Hall–Kier alpha value is -0.660. The Bertz CT molecular complexity index is 408. The van der Waals surface area contributed by atoms with Crippen LogP contribution in [0.4, 0.5) is 0 Å². The summed E-state index contributed by atoms with van der Waals surface area (Å²) in [5.74, 6) is 0.257. The van der Waals surface area contributed by atoms with Crippen molar-refractivity contribution in [2.75, 3.05) is 25.9 Å². The fraction of sp³-hybridized carbons (Fsp3) is 0.917. The molecule has 1 saturated heterocycles. The average Bonchev–Trinajstić information content (AvgIpc) is 2.34. The van der Waals surface area contributed by atoms with Crippen LogP contribution in [0, 0.1) is 11.8 Å². The first-order valence-electron chi connectivity index (χ1n) is 6.69. The van der Waals surface area contributed by atoms with Gasteiger partial charge in [0.25, 0.3) is 0 Å². The number of nitrogens with two attached hydrogens (primary N) is 1. The first kappa shape index (κ1) is 16.4. The maximum atomic E-state index is 12.1. The zero-order valence-corrected chi connectivity index (χ0v) is 12.7. The predicted molar refractivity (Wildman–Crippen MR) is 75.0 cm³/mol. The molecule has 1 rings (SSSR count). The minimum atomic E-state index is -3.17. The standard InChI is InChI=1S/C12H25N3O3S/c1-9(2)11(13)12(16)15-6-4-5-10(8-15)7-14-19(3,17)18/h9-11,14H,4-8,13H2,1-3H3/t10?,11-/m0/s1. The highest BCUT2D eigenvalue weighted by Gasteiger charge is 2.28. The lowest BCUT2D eigenvalue weighted by atomic mass is 9.96. The quantitative estimate of drug-likeness (QED) is 0.731. The first-order valence-corrected chi connectivity index (χ1v) is 8.59. The number of nitrogens with zero attached hydrogens (tertiary/aromatic N) is 1. The molecule has 1 amide bonds. The molecule has 6 nitrogen and oxygen atoms in total. The van der Waals surface area contributed by atoms with Crippen molar-refractivity contribution in [3.05, 3.63) is 0 Å². The molecule has 0 aromatic rings. The Kier molecular flexibility index (Phi) is 5.76. The minimum absolute atomic E-state index is 0.0287. The lowest BCUT2D eigenvalue weighted by molar-refractivity contribution is -0.135. The molecule has 1 fully saturated rings. The van der Waals surface area contributed by atoms with Gasteiger partial charge >= 0.3 is 0 Å². The van der Waals surface area contributed by atoms with Crippen molar-refractivity contribution in [3.63, 3.8) is 0 Å². The molecule has 0 aliphatic carbocycles. The van der Waals surface area contributed by atoms with E-state index in [1.54, 1.807) is 4.90 Å². The molecule has 2 atom stereocenters. The van der Waals surface area contributed by atoms with Crippen molar-refractivity contribution in [3.8, 4) is 0 Å². The lowest BCUT2D eigenvalue weighted by Crippen LogP contribution is -2.51. The zero-order valence-electron chi connectivity index (χ0n) is 11.9. The zero-order chi connectivity index (χ0) is 14.6. The van der Waals surface area contributed by atoms with Crippen LogP contribution in [0.5, 0.6) is 0 Å². The van der Waals surface area contributed by atoms with E-state index in [9.17, 15) is 13.2 Å². The van der Waals surface area contributed by atoms with Gasteiger partial charge in [0.1, 0.15) is 0 Å². The molecule has 112 valence electrons. The van der Waals surface area contributed by atoms with Crippen LogP contribution in [0.2, 0.25) is 0 Å². The summed E-state index contributed by atoms with van der Waals surface area (Å²) in [4.78, 5) is 13.9. The number of hydrogen-bond acceptors (Lipinski definition) is 4. The molecule has 3 N–H and O–H groups in total. The monoisotopic (exact) mass is 291 g/mol. The fourth-order valence-corrected chi connectivity index (χ4v) is 2.74. The molecule has 1 unspecified atom stereocenters. The number of carbonyl (C=O) groups excluding carboxylic acids is 1. The summed E-state index contributed by atoms with van der Waals surface area (Å²) in [5.41, 5.74) is 5.88. The van der Waals surface area contributed by atoms with Crippen LogP contribution in [-0.4, -0.2) is 51.2 Å². The second kappa shape index (κ2) is 6.67. The summed E-state index contributed by atoms with van der Waals surface area (Å²) < 4.78 is 24.7. The average molecular weight is 291 g/mol. The predicted octanol–water partition coefficient (Wildman–Crippen LogP) is -0.242. The molecule has 19 heavy (non-hydrogen) atoms. The Morgan fingerprint density at radius 2 is 2.11 bits per heavy atom. The van der Waals surface area contributed by atoms with Crippen molar-refractivity contribution < 1.29 is 13.2 Å². The highest BCUT2D eigenvalue weighted by molar-refractivity contribution is 7.88. The summed E-state index contributed by atoms with van der Waals surface area (Å²) in [6, 6.07) is -0.471. The third-order valence-corrected chi connectivity index (χ3v) is 4.16. The van der Waals surface area contributed by atoms with Crippen LogP contribution < -0.4 is 10.5 Å². The van der Waals surface area contributed by atoms with Crippen molar-refractivity contribution in [2.24, 2.45) is 17.6 Å². The van der Waals surface area contributed by atoms with Crippen LogP contribution in [-0.2, 0) is 14.8 Å². The van der Waals surface area contributed by atoms with E-state index in [4.69, 9.17) is 5.73 Å². The fourth-order valence-electron chi connectivity index (χ4n) is 2.20. The number of hydrogen-bond donors (Lipinski definition) is 2. The second-order valence-corrected chi connectivity index (χ2v) is 7.52. The largest absolute Gasteiger partial charge is 0.341 e.